The molecular formula is C25H24F2N4O3S. The number of aliphatic imine (C=N–C) groups is 1. The van der Waals surface area contributed by atoms with Crippen LogP contribution in [0.15, 0.2) is 59.9 Å². The van der Waals surface area contributed by atoms with Crippen LogP contribution in [0.2, 0.25) is 0 Å². The Labute approximate surface area is 202 Å². The first kappa shape index (κ1) is 24.6. The third-order valence-electron chi connectivity index (χ3n) is 6.37. The molecule has 0 radical (unpaired) electrons. The van der Waals surface area contributed by atoms with E-state index in [9.17, 15) is 22.0 Å². The zero-order chi connectivity index (χ0) is 25.6. The van der Waals surface area contributed by atoms with E-state index in [1.165, 1.54) is 62.6 Å². The number of hydrogen-bond donors (Lipinski definition) is 1. The number of amidine groups is 1. The Kier molecular flexibility index (Phi) is 6.04. The van der Waals surface area contributed by atoms with E-state index in [-0.39, 0.29) is 34.9 Å². The number of sulfone groups is 1. The lowest BCUT2D eigenvalue weighted by molar-refractivity contribution is 0.0987. The number of rotatable bonds is 5. The molecule has 0 bridgehead atoms. The second kappa shape index (κ2) is 8.60. The molecule has 0 fully saturated rings. The van der Waals surface area contributed by atoms with Crippen LogP contribution in [0.3, 0.4) is 0 Å². The number of halogens is 2. The van der Waals surface area contributed by atoms with E-state index in [1.807, 2.05) is 0 Å². The molecule has 10 heteroatoms. The summed E-state index contributed by atoms with van der Waals surface area (Å²) in [6.45, 7) is 4.58. The molecule has 2 aromatic carbocycles. The van der Waals surface area contributed by atoms with E-state index in [0.717, 1.165) is 6.07 Å². The maximum Gasteiger partial charge on any atom is 0.187 e. The molecule has 2 heterocycles. The highest BCUT2D eigenvalue weighted by atomic mass is 32.2. The van der Waals surface area contributed by atoms with Gasteiger partial charge in [-0.25, -0.2) is 22.2 Å². The van der Waals surface area contributed by atoms with Crippen LogP contribution >= 0.6 is 0 Å². The van der Waals surface area contributed by atoms with Gasteiger partial charge in [-0.3, -0.25) is 14.8 Å². The SMILES string of the molecule is Cc1cnc(C(=O)Cc2ccc(F)c([C@]3(C)CS(=O)(=O)[C@](C)(c4cccc(F)c4)C(N)=N3)c2)cn1. The zero-order valence-corrected chi connectivity index (χ0v) is 20.2. The Morgan fingerprint density at radius 3 is 2.46 bits per heavy atom. The van der Waals surface area contributed by atoms with Gasteiger partial charge in [-0.2, -0.15) is 0 Å². The van der Waals surface area contributed by atoms with Gasteiger partial charge in [-0.15, -0.1) is 0 Å². The highest BCUT2D eigenvalue weighted by molar-refractivity contribution is 7.93. The van der Waals surface area contributed by atoms with E-state index in [2.05, 4.69) is 15.0 Å². The Morgan fingerprint density at radius 1 is 1.09 bits per heavy atom. The fourth-order valence-electron chi connectivity index (χ4n) is 4.24. The molecule has 182 valence electrons. The van der Waals surface area contributed by atoms with Gasteiger partial charge in [0.1, 0.15) is 28.7 Å². The standard InChI is InChI=1S/C25H24F2N4O3S/c1-15-12-30-21(13-29-15)22(32)10-16-7-8-20(27)19(9-16)24(2)14-35(33,34)25(3,23(28)31-24)17-5-4-6-18(26)11-17/h4-9,11-13H,10,14H2,1-3H3,(H2,28,31)/t24-,25+/m0/s1. The first-order valence-corrected chi connectivity index (χ1v) is 12.5. The van der Waals surface area contributed by atoms with Crippen LogP contribution in [0.1, 0.15) is 46.7 Å². The molecule has 0 saturated carbocycles. The third-order valence-corrected chi connectivity index (χ3v) is 9.00. The lowest BCUT2D eigenvalue weighted by Crippen LogP contribution is -2.54. The van der Waals surface area contributed by atoms with Crippen LogP contribution in [0.25, 0.3) is 0 Å². The number of hydrogen-bond acceptors (Lipinski definition) is 7. The number of ketones is 1. The van der Waals surface area contributed by atoms with Crippen LogP contribution in [0, 0.1) is 18.6 Å². The Bertz CT molecular complexity index is 1460. The van der Waals surface area contributed by atoms with Gasteiger partial charge in [-0.1, -0.05) is 18.2 Å². The van der Waals surface area contributed by atoms with Gasteiger partial charge >= 0.3 is 0 Å². The predicted molar refractivity (Wildman–Crippen MR) is 128 cm³/mol. The van der Waals surface area contributed by atoms with Crippen molar-refractivity contribution in [2.24, 2.45) is 10.7 Å². The van der Waals surface area contributed by atoms with Crippen molar-refractivity contribution in [3.63, 3.8) is 0 Å². The molecule has 3 aromatic rings. The topological polar surface area (TPSA) is 115 Å². The molecule has 0 spiro atoms. The summed E-state index contributed by atoms with van der Waals surface area (Å²) in [4.78, 5) is 25.2. The van der Waals surface area contributed by atoms with Crippen molar-refractivity contribution < 1.29 is 22.0 Å². The van der Waals surface area contributed by atoms with Crippen molar-refractivity contribution in [1.29, 1.82) is 0 Å². The molecule has 0 saturated heterocycles. The van der Waals surface area contributed by atoms with Gasteiger partial charge in [0.2, 0.25) is 0 Å². The van der Waals surface area contributed by atoms with Crippen LogP contribution in [0.4, 0.5) is 8.78 Å². The smallest absolute Gasteiger partial charge is 0.187 e. The molecule has 2 N–H and O–H groups in total. The summed E-state index contributed by atoms with van der Waals surface area (Å²) >= 11 is 0. The Morgan fingerprint density at radius 2 is 1.83 bits per heavy atom. The number of carbonyl (C=O) groups is 1. The predicted octanol–water partition coefficient (Wildman–Crippen LogP) is 3.40. The average molecular weight is 499 g/mol. The van der Waals surface area contributed by atoms with Gasteiger partial charge in [0.05, 0.1) is 17.6 Å². The number of carbonyl (C=O) groups excluding carboxylic acids is 1. The van der Waals surface area contributed by atoms with Crippen molar-refractivity contribution in [1.82, 2.24) is 9.97 Å². The second-order valence-corrected chi connectivity index (χ2v) is 11.4. The third kappa shape index (κ3) is 4.34. The number of aryl methyl sites for hydroxylation is 1. The van der Waals surface area contributed by atoms with Crippen molar-refractivity contribution >= 4 is 21.5 Å². The summed E-state index contributed by atoms with van der Waals surface area (Å²) < 4.78 is 54.1. The molecule has 0 aliphatic carbocycles. The van der Waals surface area contributed by atoms with Crippen molar-refractivity contribution in [3.8, 4) is 0 Å². The minimum Gasteiger partial charge on any atom is -0.386 e. The van der Waals surface area contributed by atoms with E-state index < -0.39 is 37.5 Å². The van der Waals surface area contributed by atoms with Crippen LogP contribution in [-0.4, -0.2) is 35.8 Å². The highest BCUT2D eigenvalue weighted by Gasteiger charge is 2.53. The monoisotopic (exact) mass is 498 g/mol. The molecule has 0 amide bonds. The quantitative estimate of drug-likeness (QED) is 0.539. The molecule has 35 heavy (non-hydrogen) atoms. The minimum atomic E-state index is -4.07. The summed E-state index contributed by atoms with van der Waals surface area (Å²) in [6, 6.07) is 9.20. The Hall–Kier alpha value is -3.53. The number of nitrogens with zero attached hydrogens (tertiary/aromatic N) is 3. The maximum absolute atomic E-state index is 15.0. The van der Waals surface area contributed by atoms with E-state index in [0.29, 0.717) is 11.3 Å². The number of benzene rings is 2. The lowest BCUT2D eigenvalue weighted by atomic mass is 9.90. The molecule has 0 unspecified atom stereocenters. The van der Waals surface area contributed by atoms with E-state index in [4.69, 9.17) is 5.73 Å². The molecule has 1 aromatic heterocycles. The molecule has 7 nitrogen and oxygen atoms in total. The minimum absolute atomic E-state index is 0.00870. The first-order chi connectivity index (χ1) is 16.4. The Balaban J connectivity index is 1.74. The first-order valence-electron chi connectivity index (χ1n) is 10.8. The van der Waals surface area contributed by atoms with E-state index >= 15 is 0 Å². The van der Waals surface area contributed by atoms with Crippen LogP contribution < -0.4 is 5.73 Å². The van der Waals surface area contributed by atoms with Crippen LogP contribution in [0.5, 0.6) is 0 Å². The molecular weight excluding hydrogens is 474 g/mol. The molecule has 1 aliphatic rings. The van der Waals surface area contributed by atoms with Crippen molar-refractivity contribution in [3.05, 3.63) is 94.6 Å². The second-order valence-electron chi connectivity index (χ2n) is 9.03. The summed E-state index contributed by atoms with van der Waals surface area (Å²) in [5, 5.41) is 0. The number of nitrogens with two attached hydrogens (primary N) is 1. The summed E-state index contributed by atoms with van der Waals surface area (Å²) in [5.41, 5.74) is 6.06. The normalized spacial score (nSPS) is 23.5. The van der Waals surface area contributed by atoms with Crippen LogP contribution in [-0.2, 0) is 26.5 Å². The number of aromatic nitrogens is 2. The van der Waals surface area contributed by atoms with Gasteiger partial charge in [0, 0.05) is 18.2 Å². The van der Waals surface area contributed by atoms with Gasteiger partial charge in [-0.05, 0) is 56.2 Å². The molecule has 4 rings (SSSR count). The van der Waals surface area contributed by atoms with E-state index in [1.54, 1.807) is 6.92 Å². The van der Waals surface area contributed by atoms with Gasteiger partial charge in [0.15, 0.2) is 20.4 Å². The number of Topliss-reactive ketones (excluding diaryl/α,β-unsaturated/α-hetero) is 1. The fraction of sp³-hybridized carbons (Fsp3) is 0.280. The fourth-order valence-corrected chi connectivity index (χ4v) is 6.34. The highest BCUT2D eigenvalue weighted by Crippen LogP contribution is 2.43. The van der Waals surface area contributed by atoms with Gasteiger partial charge < -0.3 is 5.73 Å². The largest absolute Gasteiger partial charge is 0.386 e. The van der Waals surface area contributed by atoms with Gasteiger partial charge in [0.25, 0.3) is 0 Å². The van der Waals surface area contributed by atoms with Crippen molar-refractivity contribution in [2.75, 3.05) is 5.75 Å². The zero-order valence-electron chi connectivity index (χ0n) is 19.4. The molecule has 1 aliphatic heterocycles. The lowest BCUT2D eigenvalue weighted by Gasteiger charge is -2.40. The summed E-state index contributed by atoms with van der Waals surface area (Å²) in [7, 11) is -4.07. The maximum atomic E-state index is 15.0. The summed E-state index contributed by atoms with van der Waals surface area (Å²) in [6.07, 6.45) is 2.76. The average Bonchev–Trinajstić information content (AvgIpc) is 2.78. The summed E-state index contributed by atoms with van der Waals surface area (Å²) in [5.74, 6) is -2.45. The molecule has 2 atom stereocenters. The van der Waals surface area contributed by atoms with Crippen molar-refractivity contribution in [2.45, 2.75) is 37.5 Å².